The molecule has 0 atom stereocenters. The first-order valence-electron chi connectivity index (χ1n) is 8.59. The zero-order chi connectivity index (χ0) is 18.1. The van der Waals surface area contributed by atoms with Gasteiger partial charge in [0, 0.05) is 43.2 Å². The van der Waals surface area contributed by atoms with Gasteiger partial charge in [0.2, 0.25) is 5.91 Å². The van der Waals surface area contributed by atoms with Crippen molar-refractivity contribution >= 4 is 17.5 Å². The van der Waals surface area contributed by atoms with Crippen molar-refractivity contribution in [3.8, 4) is 11.3 Å². The van der Waals surface area contributed by atoms with Crippen LogP contribution < -0.4 is 5.32 Å². The number of amides is 1. The number of ether oxygens (including phenoxy) is 1. The predicted octanol–water partition coefficient (Wildman–Crippen LogP) is 4.11. The number of oxazole rings is 1. The second-order valence-electron chi connectivity index (χ2n) is 6.30. The summed E-state index contributed by atoms with van der Waals surface area (Å²) in [6.07, 6.45) is 3.32. The van der Waals surface area contributed by atoms with Gasteiger partial charge in [-0.15, -0.1) is 0 Å². The zero-order valence-electron chi connectivity index (χ0n) is 14.8. The van der Waals surface area contributed by atoms with Gasteiger partial charge >= 0.3 is 0 Å². The van der Waals surface area contributed by atoms with Gasteiger partial charge in [0.05, 0.1) is 6.20 Å². The molecule has 25 heavy (non-hydrogen) atoms. The molecule has 1 heterocycles. The number of benzene rings is 1. The molecule has 5 nitrogen and oxygen atoms in total. The number of nitrogens with one attached hydrogen (secondary N) is 1. The van der Waals surface area contributed by atoms with Crippen LogP contribution in [0.5, 0.6) is 0 Å². The fraction of sp³-hybridized carbons (Fsp3) is 0.474. The Morgan fingerprint density at radius 3 is 2.80 bits per heavy atom. The normalized spacial score (nSPS) is 11.0. The van der Waals surface area contributed by atoms with E-state index in [0.717, 1.165) is 18.6 Å². The molecule has 6 heteroatoms. The molecule has 2 aromatic rings. The van der Waals surface area contributed by atoms with E-state index >= 15 is 0 Å². The molecule has 1 amide bonds. The molecule has 2 rings (SSSR count). The molecule has 1 aromatic heterocycles. The largest absolute Gasteiger partial charge is 0.441 e. The lowest BCUT2D eigenvalue weighted by molar-refractivity contribution is -0.121. The van der Waals surface area contributed by atoms with E-state index < -0.39 is 0 Å². The van der Waals surface area contributed by atoms with Crippen LogP contribution >= 0.6 is 11.6 Å². The lowest BCUT2D eigenvalue weighted by atomic mass is 10.2. The Kier molecular flexibility index (Phi) is 7.95. The smallest absolute Gasteiger partial charge is 0.220 e. The van der Waals surface area contributed by atoms with Crippen molar-refractivity contribution in [1.82, 2.24) is 10.3 Å². The SMILES string of the molecule is CC(C)COCCCNC(=O)CCc1ncc(-c2ccc(Cl)cc2)o1. The highest BCUT2D eigenvalue weighted by atomic mass is 35.5. The molecule has 0 fully saturated rings. The van der Waals surface area contributed by atoms with Gasteiger partial charge in [0.25, 0.3) is 0 Å². The van der Waals surface area contributed by atoms with Crippen molar-refractivity contribution in [2.24, 2.45) is 5.92 Å². The van der Waals surface area contributed by atoms with Crippen molar-refractivity contribution in [2.75, 3.05) is 19.8 Å². The van der Waals surface area contributed by atoms with Gasteiger partial charge in [-0.1, -0.05) is 25.4 Å². The molecule has 0 radical (unpaired) electrons. The van der Waals surface area contributed by atoms with E-state index in [9.17, 15) is 4.79 Å². The highest BCUT2D eigenvalue weighted by molar-refractivity contribution is 6.30. The summed E-state index contributed by atoms with van der Waals surface area (Å²) < 4.78 is 11.2. The molecule has 0 saturated carbocycles. The van der Waals surface area contributed by atoms with Gasteiger partial charge in [-0.25, -0.2) is 4.98 Å². The zero-order valence-corrected chi connectivity index (χ0v) is 15.5. The summed E-state index contributed by atoms with van der Waals surface area (Å²) in [5.74, 6) is 1.76. The van der Waals surface area contributed by atoms with E-state index in [2.05, 4.69) is 24.1 Å². The number of carbonyl (C=O) groups is 1. The molecular formula is C19H25ClN2O3. The van der Waals surface area contributed by atoms with Crippen LogP contribution in [0.1, 0.15) is 32.6 Å². The van der Waals surface area contributed by atoms with Gasteiger partial charge in [-0.05, 0) is 36.6 Å². The van der Waals surface area contributed by atoms with Gasteiger partial charge in [-0.2, -0.15) is 0 Å². The third-order valence-electron chi connectivity index (χ3n) is 3.49. The predicted molar refractivity (Wildman–Crippen MR) is 98.6 cm³/mol. The maximum absolute atomic E-state index is 11.8. The van der Waals surface area contributed by atoms with E-state index in [0.29, 0.717) is 48.6 Å². The van der Waals surface area contributed by atoms with Crippen LogP contribution in [0.15, 0.2) is 34.9 Å². The standard InChI is InChI=1S/C19H25ClN2O3/c1-14(2)13-24-11-3-10-21-18(23)8-9-19-22-12-17(25-19)15-4-6-16(20)7-5-15/h4-7,12,14H,3,8-11,13H2,1-2H3,(H,21,23). The van der Waals surface area contributed by atoms with Crippen LogP contribution in [0, 0.1) is 5.92 Å². The van der Waals surface area contributed by atoms with Crippen molar-refractivity contribution < 1.29 is 13.9 Å². The maximum atomic E-state index is 11.8. The lowest BCUT2D eigenvalue weighted by Crippen LogP contribution is -2.25. The third kappa shape index (κ3) is 7.28. The Hall–Kier alpha value is -1.85. The summed E-state index contributed by atoms with van der Waals surface area (Å²) >= 11 is 5.87. The van der Waals surface area contributed by atoms with Crippen LogP contribution in [0.3, 0.4) is 0 Å². The topological polar surface area (TPSA) is 64.4 Å². The first-order chi connectivity index (χ1) is 12.0. The average Bonchev–Trinajstić information content (AvgIpc) is 3.05. The maximum Gasteiger partial charge on any atom is 0.220 e. The Labute approximate surface area is 153 Å². The lowest BCUT2D eigenvalue weighted by Gasteiger charge is -2.07. The molecule has 136 valence electrons. The monoisotopic (exact) mass is 364 g/mol. The number of nitrogens with zero attached hydrogens (tertiary/aromatic N) is 1. The summed E-state index contributed by atoms with van der Waals surface area (Å²) in [6.45, 7) is 6.28. The summed E-state index contributed by atoms with van der Waals surface area (Å²) in [7, 11) is 0. The number of hydrogen-bond acceptors (Lipinski definition) is 4. The Bertz CT molecular complexity index is 653. The van der Waals surface area contributed by atoms with E-state index in [4.69, 9.17) is 20.8 Å². The fourth-order valence-corrected chi connectivity index (χ4v) is 2.33. The van der Waals surface area contributed by atoms with Crippen LogP contribution in [-0.2, 0) is 16.0 Å². The summed E-state index contributed by atoms with van der Waals surface area (Å²) in [6, 6.07) is 7.36. The molecular weight excluding hydrogens is 340 g/mol. The Morgan fingerprint density at radius 1 is 1.32 bits per heavy atom. The molecule has 1 aromatic carbocycles. The van der Waals surface area contributed by atoms with Gasteiger partial charge in [0.1, 0.15) is 0 Å². The number of hydrogen-bond donors (Lipinski definition) is 1. The van der Waals surface area contributed by atoms with Gasteiger partial charge in [-0.3, -0.25) is 4.79 Å². The molecule has 0 unspecified atom stereocenters. The minimum absolute atomic E-state index is 0.00453. The average molecular weight is 365 g/mol. The number of aromatic nitrogens is 1. The van der Waals surface area contributed by atoms with Crippen molar-refractivity contribution in [2.45, 2.75) is 33.1 Å². The molecule has 0 aliphatic rings. The second kappa shape index (κ2) is 10.2. The van der Waals surface area contributed by atoms with Crippen LogP contribution in [0.2, 0.25) is 5.02 Å². The molecule has 0 saturated heterocycles. The van der Waals surface area contributed by atoms with Crippen molar-refractivity contribution in [3.05, 3.63) is 41.4 Å². The van der Waals surface area contributed by atoms with Crippen LogP contribution in [-0.4, -0.2) is 30.6 Å². The van der Waals surface area contributed by atoms with E-state index in [1.165, 1.54) is 0 Å². The minimum Gasteiger partial charge on any atom is -0.441 e. The van der Waals surface area contributed by atoms with Crippen molar-refractivity contribution in [1.29, 1.82) is 0 Å². The molecule has 0 aliphatic carbocycles. The molecule has 0 aliphatic heterocycles. The van der Waals surface area contributed by atoms with E-state index in [1.807, 2.05) is 12.1 Å². The summed E-state index contributed by atoms with van der Waals surface area (Å²) in [4.78, 5) is 16.1. The third-order valence-corrected chi connectivity index (χ3v) is 3.74. The fourth-order valence-electron chi connectivity index (χ4n) is 2.20. The first-order valence-corrected chi connectivity index (χ1v) is 8.97. The highest BCUT2D eigenvalue weighted by Crippen LogP contribution is 2.22. The second-order valence-corrected chi connectivity index (χ2v) is 6.73. The Morgan fingerprint density at radius 2 is 2.08 bits per heavy atom. The first kappa shape index (κ1) is 19.5. The quantitative estimate of drug-likeness (QED) is 0.644. The van der Waals surface area contributed by atoms with Crippen LogP contribution in [0.4, 0.5) is 0 Å². The number of aryl methyl sites for hydroxylation is 1. The van der Waals surface area contributed by atoms with Gasteiger partial charge < -0.3 is 14.5 Å². The number of halogens is 1. The van der Waals surface area contributed by atoms with Crippen LogP contribution in [0.25, 0.3) is 11.3 Å². The van der Waals surface area contributed by atoms with E-state index in [1.54, 1.807) is 18.3 Å². The Balaban J connectivity index is 1.66. The molecule has 0 spiro atoms. The summed E-state index contributed by atoms with van der Waals surface area (Å²) in [5.41, 5.74) is 0.911. The molecule has 0 bridgehead atoms. The molecule has 1 N–H and O–H groups in total. The number of rotatable bonds is 10. The highest BCUT2D eigenvalue weighted by Gasteiger charge is 2.09. The van der Waals surface area contributed by atoms with Crippen molar-refractivity contribution in [3.63, 3.8) is 0 Å². The van der Waals surface area contributed by atoms with Gasteiger partial charge in [0.15, 0.2) is 11.7 Å². The summed E-state index contributed by atoms with van der Waals surface area (Å²) in [5, 5.41) is 3.56. The minimum atomic E-state index is -0.00453. The van der Waals surface area contributed by atoms with E-state index in [-0.39, 0.29) is 5.91 Å². The number of carbonyl (C=O) groups excluding carboxylic acids is 1.